The first-order chi connectivity index (χ1) is 17.7. The number of nitrogen functional groups attached to an aromatic ring is 1. The summed E-state index contributed by atoms with van der Waals surface area (Å²) in [6.45, 7) is 6.04. The first-order valence-corrected chi connectivity index (χ1v) is 12.5. The van der Waals surface area contributed by atoms with Gasteiger partial charge in [0.25, 0.3) is 5.91 Å². The summed E-state index contributed by atoms with van der Waals surface area (Å²) >= 11 is 0. The monoisotopic (exact) mass is 502 g/mol. The number of amides is 2. The molecule has 1 aliphatic heterocycles. The molecule has 0 radical (unpaired) electrons. The Bertz CT molecular complexity index is 1420. The van der Waals surface area contributed by atoms with E-state index in [1.54, 1.807) is 11.8 Å². The molecule has 1 saturated heterocycles. The number of nitrogens with zero attached hydrogens (tertiary/aromatic N) is 4. The summed E-state index contributed by atoms with van der Waals surface area (Å²) < 4.78 is 15.7. The van der Waals surface area contributed by atoms with Crippen LogP contribution in [0.1, 0.15) is 38.2 Å². The van der Waals surface area contributed by atoms with Gasteiger partial charge in [-0.3, -0.25) is 9.59 Å². The van der Waals surface area contributed by atoms with Crippen LogP contribution >= 0.6 is 0 Å². The number of nitrogens with one attached hydrogen (secondary N) is 1. The number of likely N-dealkylation sites (tertiary alicyclic amines) is 1. The number of anilines is 2. The number of aromatic nitrogens is 3. The second kappa shape index (κ2) is 9.80. The highest BCUT2D eigenvalue weighted by Crippen LogP contribution is 2.43. The lowest BCUT2D eigenvalue weighted by atomic mass is 9.84. The molecule has 3 aromatic rings. The second-order valence-electron chi connectivity index (χ2n) is 9.92. The van der Waals surface area contributed by atoms with Gasteiger partial charge in [-0.2, -0.15) is 0 Å². The van der Waals surface area contributed by atoms with Crippen molar-refractivity contribution in [3.05, 3.63) is 54.4 Å². The Morgan fingerprint density at radius 2 is 1.95 bits per heavy atom. The van der Waals surface area contributed by atoms with Gasteiger partial charge >= 0.3 is 0 Å². The molecule has 192 valence electrons. The van der Waals surface area contributed by atoms with Crippen molar-refractivity contribution >= 4 is 39.9 Å². The predicted octanol–water partition coefficient (Wildman–Crippen LogP) is 4.49. The van der Waals surface area contributed by atoms with Crippen LogP contribution in [0.4, 0.5) is 15.9 Å². The molecule has 2 aromatic heterocycles. The molecule has 9 heteroatoms. The molecule has 1 aliphatic carbocycles. The highest BCUT2D eigenvalue weighted by Gasteiger charge is 2.33. The van der Waals surface area contributed by atoms with Gasteiger partial charge in [0, 0.05) is 36.3 Å². The van der Waals surface area contributed by atoms with Gasteiger partial charge in [-0.25, -0.2) is 14.4 Å². The molecule has 0 spiro atoms. The van der Waals surface area contributed by atoms with Gasteiger partial charge < -0.3 is 20.5 Å². The highest BCUT2D eigenvalue weighted by atomic mass is 19.1. The molecule has 1 fully saturated rings. The van der Waals surface area contributed by atoms with Crippen LogP contribution in [0.2, 0.25) is 0 Å². The minimum Gasteiger partial charge on any atom is -0.383 e. The average molecular weight is 503 g/mol. The van der Waals surface area contributed by atoms with Crippen LogP contribution < -0.4 is 11.1 Å². The Morgan fingerprint density at radius 1 is 1.19 bits per heavy atom. The molecule has 8 nitrogen and oxygen atoms in total. The van der Waals surface area contributed by atoms with Crippen molar-refractivity contribution in [3.63, 3.8) is 0 Å². The summed E-state index contributed by atoms with van der Waals surface area (Å²) in [6.07, 6.45) is 5.05. The molecular formula is C28H31FN6O2. The topological polar surface area (TPSA) is 106 Å². The summed E-state index contributed by atoms with van der Waals surface area (Å²) in [5.41, 5.74) is 12.1. The van der Waals surface area contributed by atoms with Gasteiger partial charge in [-0.1, -0.05) is 24.8 Å². The molecular weight excluding hydrogens is 471 g/mol. The fourth-order valence-corrected chi connectivity index (χ4v) is 5.34. The zero-order chi connectivity index (χ0) is 26.3. The van der Waals surface area contributed by atoms with Crippen LogP contribution in [-0.2, 0) is 16.6 Å². The first kappa shape index (κ1) is 24.7. The van der Waals surface area contributed by atoms with Crippen molar-refractivity contribution in [3.8, 4) is 11.3 Å². The third-order valence-electron chi connectivity index (χ3n) is 7.32. The van der Waals surface area contributed by atoms with E-state index in [4.69, 9.17) is 5.73 Å². The average Bonchev–Trinajstić information content (AvgIpc) is 3.46. The first-order valence-electron chi connectivity index (χ1n) is 12.5. The summed E-state index contributed by atoms with van der Waals surface area (Å²) in [6, 6.07) is 7.60. The van der Waals surface area contributed by atoms with Crippen LogP contribution in [0, 0.1) is 5.92 Å². The maximum atomic E-state index is 13.6. The smallest absolute Gasteiger partial charge is 0.250 e. The Balaban J connectivity index is 1.51. The fraction of sp³-hybridized carbons (Fsp3) is 0.357. The van der Waals surface area contributed by atoms with E-state index in [1.165, 1.54) is 6.33 Å². The lowest BCUT2D eigenvalue weighted by Crippen LogP contribution is -2.35. The Labute approximate surface area is 215 Å². The van der Waals surface area contributed by atoms with Crippen molar-refractivity contribution in [1.82, 2.24) is 19.4 Å². The number of carbonyl (C=O) groups is 2. The van der Waals surface area contributed by atoms with Crippen LogP contribution in [0.5, 0.6) is 0 Å². The molecule has 3 N–H and O–H groups in total. The number of hydrogen-bond acceptors (Lipinski definition) is 5. The largest absolute Gasteiger partial charge is 0.383 e. The fourth-order valence-electron chi connectivity index (χ4n) is 5.34. The Kier molecular flexibility index (Phi) is 6.54. The predicted molar refractivity (Wildman–Crippen MR) is 143 cm³/mol. The van der Waals surface area contributed by atoms with Crippen molar-refractivity contribution < 1.29 is 14.0 Å². The number of alkyl halides is 1. The number of benzene rings is 1. The number of nitrogens with two attached hydrogens (primary N) is 1. The second-order valence-corrected chi connectivity index (χ2v) is 9.92. The van der Waals surface area contributed by atoms with E-state index in [1.807, 2.05) is 35.9 Å². The Hall–Kier alpha value is -4.01. The van der Waals surface area contributed by atoms with E-state index in [9.17, 15) is 14.0 Å². The third-order valence-corrected chi connectivity index (χ3v) is 7.32. The SMILES string of the molecule is C=C(C)C(=O)Nc1ccc(-c2c(C3=CC[C@H](C(=O)N4CC[C@@H](F)C4)CC3)c3c(N)ncnc3n2C)cc1. The maximum absolute atomic E-state index is 13.6. The summed E-state index contributed by atoms with van der Waals surface area (Å²) in [5, 5.41) is 3.62. The normalized spacial score (nSPS) is 19.6. The number of rotatable bonds is 5. The van der Waals surface area contributed by atoms with E-state index < -0.39 is 6.17 Å². The van der Waals surface area contributed by atoms with E-state index >= 15 is 0 Å². The summed E-state index contributed by atoms with van der Waals surface area (Å²) in [5.74, 6) is 0.0759. The molecule has 2 atom stereocenters. The summed E-state index contributed by atoms with van der Waals surface area (Å²) in [7, 11) is 1.95. The van der Waals surface area contributed by atoms with Crippen molar-refractivity contribution in [2.45, 2.75) is 38.8 Å². The van der Waals surface area contributed by atoms with Gasteiger partial charge in [0.05, 0.1) is 17.6 Å². The van der Waals surface area contributed by atoms with Gasteiger partial charge in [0.15, 0.2) is 0 Å². The molecule has 5 rings (SSSR count). The number of aryl methyl sites for hydroxylation is 1. The lowest BCUT2D eigenvalue weighted by molar-refractivity contribution is -0.134. The minimum atomic E-state index is -0.916. The minimum absolute atomic E-state index is 0.0452. The van der Waals surface area contributed by atoms with E-state index in [2.05, 4.69) is 27.9 Å². The van der Waals surface area contributed by atoms with Crippen LogP contribution in [-0.4, -0.2) is 50.5 Å². The molecule has 0 bridgehead atoms. The highest BCUT2D eigenvalue weighted by molar-refractivity contribution is 6.05. The number of fused-ring (bicyclic) bond motifs is 1. The molecule has 0 unspecified atom stereocenters. The number of carbonyl (C=O) groups excluding carboxylic acids is 2. The zero-order valence-corrected chi connectivity index (χ0v) is 21.1. The van der Waals surface area contributed by atoms with Crippen molar-refractivity contribution in [2.24, 2.45) is 13.0 Å². The molecule has 2 aliphatic rings. The van der Waals surface area contributed by atoms with Gasteiger partial charge in [-0.15, -0.1) is 0 Å². The lowest BCUT2D eigenvalue weighted by Gasteiger charge is -2.26. The molecule has 37 heavy (non-hydrogen) atoms. The number of halogens is 1. The molecule has 1 aromatic carbocycles. The van der Waals surface area contributed by atoms with Crippen LogP contribution in [0.25, 0.3) is 27.9 Å². The van der Waals surface area contributed by atoms with Crippen molar-refractivity contribution in [2.75, 3.05) is 24.1 Å². The summed E-state index contributed by atoms with van der Waals surface area (Å²) in [4.78, 5) is 35.4. The van der Waals surface area contributed by atoms with Gasteiger partial charge in [-0.05, 0) is 55.9 Å². The van der Waals surface area contributed by atoms with Crippen LogP contribution in [0.15, 0.2) is 48.8 Å². The van der Waals surface area contributed by atoms with Crippen LogP contribution in [0.3, 0.4) is 0 Å². The van der Waals surface area contributed by atoms with Crippen molar-refractivity contribution in [1.29, 1.82) is 0 Å². The number of hydrogen-bond donors (Lipinski definition) is 2. The molecule has 3 heterocycles. The standard InChI is InChI=1S/C28H31FN6O2/c1-16(2)27(36)33-21-10-8-18(9-11-21)24-22(23-25(30)31-15-32-26(23)34(24)3)17-4-6-19(7-5-17)28(37)35-13-12-20(29)14-35/h4,8-11,15,19-20H,1,5-7,12-14H2,2-3H3,(H,33,36)(H2,30,31,32)/t19-,20+/m0/s1. The third kappa shape index (κ3) is 4.61. The Morgan fingerprint density at radius 3 is 2.57 bits per heavy atom. The number of allylic oxidation sites excluding steroid dienone is 2. The quantitative estimate of drug-likeness (QED) is 0.500. The van der Waals surface area contributed by atoms with Gasteiger partial charge in [0.1, 0.15) is 24.0 Å². The van der Waals surface area contributed by atoms with E-state index in [0.717, 1.165) is 33.4 Å². The zero-order valence-electron chi connectivity index (χ0n) is 21.1. The maximum Gasteiger partial charge on any atom is 0.250 e. The molecule has 0 saturated carbocycles. The van der Waals surface area contributed by atoms with E-state index in [-0.39, 0.29) is 24.3 Å². The van der Waals surface area contributed by atoms with E-state index in [0.29, 0.717) is 49.3 Å². The van der Waals surface area contributed by atoms with Gasteiger partial charge in [0.2, 0.25) is 5.91 Å². The molecule has 2 amide bonds.